The highest BCUT2D eigenvalue weighted by atomic mass is 15.0. The molecule has 2 heterocycles. The van der Waals surface area contributed by atoms with Crippen LogP contribution in [0.4, 0.5) is 0 Å². The van der Waals surface area contributed by atoms with Crippen molar-refractivity contribution in [3.8, 4) is 22.5 Å². The molecule has 2 nitrogen and oxygen atoms in total. The van der Waals surface area contributed by atoms with Gasteiger partial charge in [0.05, 0.1) is 22.2 Å². The van der Waals surface area contributed by atoms with Gasteiger partial charge in [-0.15, -0.1) is 0 Å². The van der Waals surface area contributed by atoms with Gasteiger partial charge in [0.15, 0.2) is 5.69 Å². The summed E-state index contributed by atoms with van der Waals surface area (Å²) in [7, 11) is 2.14. The normalized spacial score (nSPS) is 12.1. The molecule has 0 bridgehead atoms. The third kappa shape index (κ3) is 1.30. The molecule has 0 saturated carbocycles. The number of aromatic nitrogens is 2. The van der Waals surface area contributed by atoms with Crippen LogP contribution in [0, 0.1) is 6.92 Å². The molecule has 0 fully saturated rings. The highest BCUT2D eigenvalue weighted by Gasteiger charge is 2.31. The molecule has 0 atom stereocenters. The lowest BCUT2D eigenvalue weighted by molar-refractivity contribution is -0.665. The van der Waals surface area contributed by atoms with Crippen LogP contribution in [0.25, 0.3) is 44.2 Å². The lowest BCUT2D eigenvalue weighted by atomic mass is 10.0. The monoisotopic (exact) mass is 283 g/mol. The van der Waals surface area contributed by atoms with Crippen LogP contribution in [0.15, 0.2) is 54.6 Å². The molecular formula is C20H15N2+. The summed E-state index contributed by atoms with van der Waals surface area (Å²) in [6.45, 7) is 2.17. The van der Waals surface area contributed by atoms with E-state index in [0.717, 1.165) is 11.2 Å². The Labute approximate surface area is 128 Å². The molecule has 4 aromatic rings. The maximum Gasteiger partial charge on any atom is 0.223 e. The molecule has 0 saturated heterocycles. The zero-order valence-electron chi connectivity index (χ0n) is 12.6. The van der Waals surface area contributed by atoms with Crippen LogP contribution in [0.2, 0.25) is 0 Å². The van der Waals surface area contributed by atoms with E-state index in [1.807, 2.05) is 0 Å². The molecule has 0 spiro atoms. The van der Waals surface area contributed by atoms with E-state index in [4.69, 9.17) is 4.98 Å². The molecule has 0 N–H and O–H groups in total. The van der Waals surface area contributed by atoms with Gasteiger partial charge >= 0.3 is 0 Å². The van der Waals surface area contributed by atoms with Crippen molar-refractivity contribution in [2.45, 2.75) is 6.92 Å². The van der Waals surface area contributed by atoms with E-state index in [-0.39, 0.29) is 0 Å². The molecule has 104 valence electrons. The van der Waals surface area contributed by atoms with E-state index in [0.29, 0.717) is 0 Å². The second-order valence-electron chi connectivity index (χ2n) is 6.01. The minimum absolute atomic E-state index is 1.07. The number of nitrogens with zero attached hydrogens (tertiary/aromatic N) is 2. The van der Waals surface area contributed by atoms with Gasteiger partial charge in [-0.05, 0) is 12.1 Å². The van der Waals surface area contributed by atoms with Crippen LogP contribution in [0.3, 0.4) is 0 Å². The summed E-state index contributed by atoms with van der Waals surface area (Å²) in [5, 5.41) is 3.83. The summed E-state index contributed by atoms with van der Waals surface area (Å²) in [6, 6.07) is 19.3. The second-order valence-corrected chi connectivity index (χ2v) is 6.01. The predicted octanol–water partition coefficient (Wildman–Crippen LogP) is 4.17. The molecule has 1 aliphatic carbocycles. The van der Waals surface area contributed by atoms with Crippen LogP contribution in [-0.2, 0) is 7.05 Å². The fourth-order valence-corrected chi connectivity index (χ4v) is 3.68. The lowest BCUT2D eigenvalue weighted by Gasteiger charge is -2.07. The minimum Gasteiger partial charge on any atom is -0.247 e. The highest BCUT2D eigenvalue weighted by Crippen LogP contribution is 2.46. The molecule has 0 amide bonds. The zero-order valence-corrected chi connectivity index (χ0v) is 12.6. The number of hydrogen-bond acceptors (Lipinski definition) is 1. The number of rotatable bonds is 0. The van der Waals surface area contributed by atoms with Gasteiger partial charge in [-0.1, -0.05) is 36.4 Å². The van der Waals surface area contributed by atoms with Gasteiger partial charge in [-0.3, -0.25) is 0 Å². The zero-order chi connectivity index (χ0) is 14.8. The summed E-state index contributed by atoms with van der Waals surface area (Å²) in [5.74, 6) is 0. The van der Waals surface area contributed by atoms with Crippen molar-refractivity contribution in [3.63, 3.8) is 0 Å². The second kappa shape index (κ2) is 3.92. The topological polar surface area (TPSA) is 16.8 Å². The minimum atomic E-state index is 1.07. The third-order valence-electron chi connectivity index (χ3n) is 4.82. The number of hydrogen-bond donors (Lipinski definition) is 0. The maximum atomic E-state index is 4.97. The molecule has 22 heavy (non-hydrogen) atoms. The number of benzene rings is 2. The number of pyridine rings is 2. The van der Waals surface area contributed by atoms with Gasteiger partial charge in [-0.2, -0.15) is 4.57 Å². The van der Waals surface area contributed by atoms with Gasteiger partial charge in [0.2, 0.25) is 5.69 Å². The maximum absolute atomic E-state index is 4.97. The Kier molecular flexibility index (Phi) is 2.11. The van der Waals surface area contributed by atoms with Crippen molar-refractivity contribution in [1.82, 2.24) is 4.98 Å². The van der Waals surface area contributed by atoms with E-state index in [9.17, 15) is 0 Å². The quantitative estimate of drug-likeness (QED) is 0.308. The Morgan fingerprint density at radius 3 is 2.45 bits per heavy atom. The van der Waals surface area contributed by atoms with Crippen LogP contribution in [0.5, 0.6) is 0 Å². The summed E-state index contributed by atoms with van der Waals surface area (Å²) >= 11 is 0. The van der Waals surface area contributed by atoms with Crippen LogP contribution >= 0.6 is 0 Å². The summed E-state index contributed by atoms with van der Waals surface area (Å²) in [5.41, 5.74) is 7.28. The molecule has 5 rings (SSSR count). The Balaban J connectivity index is 2.15. The van der Waals surface area contributed by atoms with E-state index >= 15 is 0 Å². The molecular weight excluding hydrogens is 268 g/mol. The third-order valence-corrected chi connectivity index (χ3v) is 4.82. The van der Waals surface area contributed by atoms with Crippen molar-refractivity contribution in [2.24, 2.45) is 7.05 Å². The first kappa shape index (κ1) is 11.9. The Morgan fingerprint density at radius 1 is 0.864 bits per heavy atom. The standard InChI is InChI=1S/C20H15N2/c1-12-11-16-13-7-5-6-10-17(13)21-19-14-8-3-4-9-15(14)20(18(16)19)22(12)2/h3-11H,1-2H3/q+1. The number of fused-ring (bicyclic) bond motifs is 5. The highest BCUT2D eigenvalue weighted by molar-refractivity contribution is 6.19. The largest absolute Gasteiger partial charge is 0.247 e. The summed E-state index contributed by atoms with van der Waals surface area (Å²) < 4.78 is 2.29. The van der Waals surface area contributed by atoms with Gasteiger partial charge in [0.1, 0.15) is 7.05 Å². The van der Waals surface area contributed by atoms with Gasteiger partial charge in [0, 0.05) is 29.3 Å². The number of para-hydroxylation sites is 1. The Bertz CT molecular complexity index is 1090. The van der Waals surface area contributed by atoms with E-state index in [1.54, 1.807) is 0 Å². The molecule has 2 heteroatoms. The van der Waals surface area contributed by atoms with Crippen molar-refractivity contribution in [2.75, 3.05) is 0 Å². The predicted molar refractivity (Wildman–Crippen MR) is 89.6 cm³/mol. The van der Waals surface area contributed by atoms with Crippen LogP contribution in [0.1, 0.15) is 5.69 Å². The first-order valence-electron chi connectivity index (χ1n) is 7.57. The van der Waals surface area contributed by atoms with Crippen molar-refractivity contribution in [3.05, 3.63) is 60.3 Å². The molecule has 0 radical (unpaired) electrons. The van der Waals surface area contributed by atoms with E-state index < -0.39 is 0 Å². The summed E-state index contributed by atoms with van der Waals surface area (Å²) in [4.78, 5) is 4.97. The van der Waals surface area contributed by atoms with Crippen LogP contribution < -0.4 is 4.57 Å². The van der Waals surface area contributed by atoms with E-state index in [2.05, 4.69) is 73.1 Å². The first-order chi connectivity index (χ1) is 10.8. The first-order valence-corrected chi connectivity index (χ1v) is 7.57. The van der Waals surface area contributed by atoms with Crippen molar-refractivity contribution in [1.29, 1.82) is 0 Å². The Morgan fingerprint density at radius 2 is 1.59 bits per heavy atom. The Hall–Kier alpha value is -2.74. The van der Waals surface area contributed by atoms with Gasteiger partial charge in [0.25, 0.3) is 0 Å². The van der Waals surface area contributed by atoms with Gasteiger partial charge in [-0.25, -0.2) is 4.98 Å². The molecule has 2 aromatic carbocycles. The molecule has 2 aromatic heterocycles. The van der Waals surface area contributed by atoms with Crippen LogP contribution in [-0.4, -0.2) is 4.98 Å². The number of aryl methyl sites for hydroxylation is 1. The smallest absolute Gasteiger partial charge is 0.223 e. The van der Waals surface area contributed by atoms with E-state index in [1.165, 1.54) is 38.7 Å². The SMILES string of the molecule is Cc1cc2c3c(nc4ccccc42)-c2ccccc2-c3[n+]1C. The summed E-state index contributed by atoms with van der Waals surface area (Å²) in [6.07, 6.45) is 0. The average Bonchev–Trinajstić information content (AvgIpc) is 2.88. The molecule has 1 aliphatic rings. The average molecular weight is 283 g/mol. The van der Waals surface area contributed by atoms with Gasteiger partial charge < -0.3 is 0 Å². The van der Waals surface area contributed by atoms with Crippen molar-refractivity contribution >= 4 is 21.7 Å². The fourth-order valence-electron chi connectivity index (χ4n) is 3.68. The lowest BCUT2D eigenvalue weighted by Crippen LogP contribution is -2.34. The molecule has 0 unspecified atom stereocenters. The fraction of sp³-hybridized carbons (Fsp3) is 0.100. The van der Waals surface area contributed by atoms with Crippen molar-refractivity contribution < 1.29 is 4.57 Å². The molecule has 0 aliphatic heterocycles.